The van der Waals surface area contributed by atoms with Gasteiger partial charge in [0.05, 0.1) is 31.4 Å². The SMILES string of the molecule is O=C1C(=O)N(CCC[NH+]2CCOCC2)[C@@H](c2ccc(F)cc2)C1=C(O)c1ccc(F)cc1. The molecule has 0 saturated carbocycles. The number of benzene rings is 2. The molecule has 2 saturated heterocycles. The summed E-state index contributed by atoms with van der Waals surface area (Å²) < 4.78 is 32.2. The number of carbonyl (C=O) groups excluding carboxylic acids is 2. The zero-order valence-electron chi connectivity index (χ0n) is 17.5. The van der Waals surface area contributed by atoms with Crippen LogP contribution in [0.5, 0.6) is 0 Å². The summed E-state index contributed by atoms with van der Waals surface area (Å²) in [6, 6.07) is 9.71. The van der Waals surface area contributed by atoms with Crippen LogP contribution in [0.15, 0.2) is 54.1 Å². The minimum absolute atomic E-state index is 0.0769. The highest BCUT2D eigenvalue weighted by Gasteiger charge is 2.45. The van der Waals surface area contributed by atoms with Gasteiger partial charge in [0.25, 0.3) is 11.7 Å². The number of likely N-dealkylation sites (tertiary alicyclic amines) is 1. The largest absolute Gasteiger partial charge is 0.507 e. The lowest BCUT2D eigenvalue weighted by molar-refractivity contribution is -0.908. The number of nitrogens with zero attached hydrogens (tertiary/aromatic N) is 1. The molecule has 2 N–H and O–H groups in total. The Morgan fingerprint density at radius 2 is 1.59 bits per heavy atom. The summed E-state index contributed by atoms with van der Waals surface area (Å²) in [5.41, 5.74) is 0.675. The van der Waals surface area contributed by atoms with Crippen molar-refractivity contribution in [2.24, 2.45) is 0 Å². The average molecular weight is 443 g/mol. The monoisotopic (exact) mass is 443 g/mol. The highest BCUT2D eigenvalue weighted by Crippen LogP contribution is 2.39. The Morgan fingerprint density at radius 1 is 1.00 bits per heavy atom. The first kappa shape index (κ1) is 22.1. The fourth-order valence-corrected chi connectivity index (χ4v) is 4.28. The highest BCUT2D eigenvalue weighted by molar-refractivity contribution is 6.46. The lowest BCUT2D eigenvalue weighted by Gasteiger charge is -2.27. The first-order valence-electron chi connectivity index (χ1n) is 10.7. The molecule has 2 aliphatic heterocycles. The van der Waals surface area contributed by atoms with Crippen LogP contribution in [0.1, 0.15) is 23.6 Å². The van der Waals surface area contributed by atoms with E-state index in [-0.39, 0.29) is 16.9 Å². The van der Waals surface area contributed by atoms with E-state index in [1.54, 1.807) is 0 Å². The van der Waals surface area contributed by atoms with Gasteiger partial charge in [0.1, 0.15) is 30.5 Å². The van der Waals surface area contributed by atoms with Crippen molar-refractivity contribution >= 4 is 17.4 Å². The molecule has 6 nitrogen and oxygen atoms in total. The van der Waals surface area contributed by atoms with Crippen molar-refractivity contribution in [3.63, 3.8) is 0 Å². The van der Waals surface area contributed by atoms with Gasteiger partial charge in [0.2, 0.25) is 0 Å². The van der Waals surface area contributed by atoms with Crippen LogP contribution in [-0.4, -0.2) is 61.1 Å². The van der Waals surface area contributed by atoms with Gasteiger partial charge in [-0.1, -0.05) is 12.1 Å². The summed E-state index contributed by atoms with van der Waals surface area (Å²) in [6.07, 6.45) is 0.663. The number of carbonyl (C=O) groups is 2. The van der Waals surface area contributed by atoms with Crippen LogP contribution in [0.3, 0.4) is 0 Å². The summed E-state index contributed by atoms with van der Waals surface area (Å²) in [7, 11) is 0. The third kappa shape index (κ3) is 4.56. The van der Waals surface area contributed by atoms with Crippen LogP contribution < -0.4 is 4.90 Å². The number of aliphatic hydroxyl groups excluding tert-OH is 1. The number of ketones is 1. The fourth-order valence-electron chi connectivity index (χ4n) is 4.28. The Labute approximate surface area is 184 Å². The van der Waals surface area contributed by atoms with Gasteiger partial charge in [0.15, 0.2) is 0 Å². The third-order valence-corrected chi connectivity index (χ3v) is 5.97. The van der Waals surface area contributed by atoms with Crippen molar-refractivity contribution in [3.8, 4) is 0 Å². The second-order valence-corrected chi connectivity index (χ2v) is 8.02. The molecule has 8 heteroatoms. The topological polar surface area (TPSA) is 71.3 Å². The maximum absolute atomic E-state index is 13.5. The van der Waals surface area contributed by atoms with E-state index in [2.05, 4.69) is 0 Å². The molecule has 2 heterocycles. The number of nitrogens with one attached hydrogen (secondary N) is 1. The summed E-state index contributed by atoms with van der Waals surface area (Å²) in [6.45, 7) is 4.33. The second kappa shape index (κ2) is 9.58. The number of ether oxygens (including phenoxy) is 1. The van der Waals surface area contributed by atoms with E-state index < -0.39 is 29.4 Å². The minimum Gasteiger partial charge on any atom is -0.507 e. The number of Topliss-reactive ketones (excluding diaryl/α,β-unsaturated/α-hetero) is 1. The van der Waals surface area contributed by atoms with Gasteiger partial charge in [-0.15, -0.1) is 0 Å². The number of morpholine rings is 1. The Kier molecular flexibility index (Phi) is 6.62. The van der Waals surface area contributed by atoms with Crippen LogP contribution in [0.25, 0.3) is 5.76 Å². The van der Waals surface area contributed by atoms with Crippen molar-refractivity contribution in [3.05, 3.63) is 76.9 Å². The van der Waals surface area contributed by atoms with Crippen molar-refractivity contribution in [1.82, 2.24) is 4.90 Å². The molecule has 0 aromatic heterocycles. The van der Waals surface area contributed by atoms with Crippen LogP contribution in [-0.2, 0) is 14.3 Å². The van der Waals surface area contributed by atoms with Crippen molar-refractivity contribution in [2.75, 3.05) is 39.4 Å². The van der Waals surface area contributed by atoms with Gasteiger partial charge in [0, 0.05) is 18.5 Å². The summed E-state index contributed by atoms with van der Waals surface area (Å²) in [5.74, 6) is -2.82. The van der Waals surface area contributed by atoms with Crippen molar-refractivity contribution < 1.29 is 33.1 Å². The molecule has 0 unspecified atom stereocenters. The van der Waals surface area contributed by atoms with Gasteiger partial charge in [-0.05, 0) is 42.0 Å². The number of hydrogen-bond donors (Lipinski definition) is 2. The van der Waals surface area contributed by atoms with Crippen molar-refractivity contribution in [1.29, 1.82) is 0 Å². The molecule has 168 valence electrons. The molecule has 2 aromatic rings. The first-order chi connectivity index (χ1) is 15.5. The molecule has 0 radical (unpaired) electrons. The zero-order chi connectivity index (χ0) is 22.7. The first-order valence-corrected chi connectivity index (χ1v) is 10.7. The number of hydrogen-bond acceptors (Lipinski definition) is 4. The van der Waals surface area contributed by atoms with Crippen LogP contribution in [0.4, 0.5) is 8.78 Å². The number of amides is 1. The van der Waals surface area contributed by atoms with Gasteiger partial charge in [-0.3, -0.25) is 9.59 Å². The summed E-state index contributed by atoms with van der Waals surface area (Å²) in [4.78, 5) is 28.7. The Hall–Kier alpha value is -3.10. The predicted molar refractivity (Wildman–Crippen MR) is 113 cm³/mol. The van der Waals surface area contributed by atoms with Gasteiger partial charge < -0.3 is 19.6 Å². The van der Waals surface area contributed by atoms with Crippen molar-refractivity contribution in [2.45, 2.75) is 12.5 Å². The molecule has 4 rings (SSSR count). The van der Waals surface area contributed by atoms with Crippen LogP contribution >= 0.6 is 0 Å². The molecule has 0 spiro atoms. The second-order valence-electron chi connectivity index (χ2n) is 8.02. The molecule has 2 aromatic carbocycles. The maximum atomic E-state index is 13.5. The van der Waals surface area contributed by atoms with E-state index >= 15 is 0 Å². The highest BCUT2D eigenvalue weighted by atomic mass is 19.1. The van der Waals surface area contributed by atoms with E-state index in [4.69, 9.17) is 4.74 Å². The van der Waals surface area contributed by atoms with Gasteiger partial charge >= 0.3 is 0 Å². The molecule has 32 heavy (non-hydrogen) atoms. The molecular formula is C24H25F2N2O4+. The van der Waals surface area contributed by atoms with E-state index in [0.717, 1.165) is 19.6 Å². The molecule has 1 amide bonds. The van der Waals surface area contributed by atoms with E-state index in [1.165, 1.54) is 58.3 Å². The third-order valence-electron chi connectivity index (χ3n) is 5.97. The maximum Gasteiger partial charge on any atom is 0.295 e. The Bertz CT molecular complexity index is 1020. The molecule has 2 fully saturated rings. The summed E-state index contributed by atoms with van der Waals surface area (Å²) >= 11 is 0. The molecule has 1 atom stereocenters. The summed E-state index contributed by atoms with van der Waals surface area (Å²) in [5, 5.41) is 10.9. The molecular weight excluding hydrogens is 418 g/mol. The lowest BCUT2D eigenvalue weighted by Crippen LogP contribution is -3.14. The van der Waals surface area contributed by atoms with E-state index in [9.17, 15) is 23.5 Å². The average Bonchev–Trinajstić information content (AvgIpc) is 3.05. The quantitative estimate of drug-likeness (QED) is 0.405. The van der Waals surface area contributed by atoms with Crippen LogP contribution in [0.2, 0.25) is 0 Å². The molecule has 0 aliphatic carbocycles. The standard InChI is InChI=1S/C24H24F2N2O4/c25-18-6-2-16(3-7-18)21-20(22(29)17-4-8-19(26)9-5-17)23(30)24(31)28(21)11-1-10-27-12-14-32-15-13-27/h2-9,21,29H,1,10-15H2/p+1/t21-/m0/s1. The normalized spacial score (nSPS) is 21.3. The van der Waals surface area contributed by atoms with E-state index in [1.807, 2.05) is 0 Å². The number of halogens is 2. The molecule has 2 aliphatic rings. The zero-order valence-corrected chi connectivity index (χ0v) is 17.5. The molecule has 0 bridgehead atoms. The Morgan fingerprint density at radius 3 is 2.22 bits per heavy atom. The smallest absolute Gasteiger partial charge is 0.295 e. The Balaban J connectivity index is 1.66. The van der Waals surface area contributed by atoms with Crippen LogP contribution in [0, 0.1) is 11.6 Å². The number of aliphatic hydroxyl groups is 1. The number of quaternary nitrogens is 1. The minimum atomic E-state index is -0.847. The number of rotatable bonds is 6. The predicted octanol–water partition coefficient (Wildman–Crippen LogP) is 1.69. The fraction of sp³-hybridized carbons (Fsp3) is 0.333. The lowest BCUT2D eigenvalue weighted by atomic mass is 9.95. The van der Waals surface area contributed by atoms with Gasteiger partial charge in [-0.25, -0.2) is 8.78 Å². The van der Waals surface area contributed by atoms with Gasteiger partial charge in [-0.2, -0.15) is 0 Å². The van der Waals surface area contributed by atoms with E-state index in [0.29, 0.717) is 31.7 Å².